The van der Waals surface area contributed by atoms with Gasteiger partial charge in [-0.05, 0) is 18.1 Å². The molecule has 0 aliphatic rings. The zero-order valence-corrected chi connectivity index (χ0v) is 10.9. The largest absolute Gasteiger partial charge is 0.385 e. The Balaban J connectivity index is 2.09. The molecule has 96 valence electrons. The molecular weight excluding hydrogens is 252 g/mol. The van der Waals surface area contributed by atoms with Crippen LogP contribution in [0.5, 0.6) is 0 Å². The van der Waals surface area contributed by atoms with Gasteiger partial charge in [0, 0.05) is 5.02 Å². The van der Waals surface area contributed by atoms with Crippen molar-refractivity contribution in [2.75, 3.05) is 0 Å². The fraction of sp³-hybridized carbons (Fsp3) is 0.385. The van der Waals surface area contributed by atoms with E-state index in [1.165, 1.54) is 0 Å². The summed E-state index contributed by atoms with van der Waals surface area (Å²) in [6, 6.07) is 7.51. The van der Waals surface area contributed by atoms with Crippen molar-refractivity contribution in [2.24, 2.45) is 0 Å². The van der Waals surface area contributed by atoms with E-state index in [9.17, 15) is 5.11 Å². The topological polar surface area (TPSA) is 59.2 Å². The summed E-state index contributed by atoms with van der Waals surface area (Å²) >= 11 is 6.05. The third-order valence-corrected chi connectivity index (χ3v) is 3.01. The number of benzene rings is 1. The second kappa shape index (κ2) is 5.98. The fourth-order valence-corrected chi connectivity index (χ4v) is 1.88. The number of aliphatic hydroxyl groups excluding tert-OH is 1. The van der Waals surface area contributed by atoms with Crippen molar-refractivity contribution in [1.29, 1.82) is 0 Å². The van der Waals surface area contributed by atoms with Crippen molar-refractivity contribution in [3.05, 3.63) is 46.6 Å². The highest BCUT2D eigenvalue weighted by Crippen LogP contribution is 2.20. The summed E-state index contributed by atoms with van der Waals surface area (Å²) in [6.45, 7) is 1.99. The molecule has 0 fully saturated rings. The van der Waals surface area contributed by atoms with Gasteiger partial charge in [-0.25, -0.2) is 0 Å². The molecule has 1 unspecified atom stereocenters. The first-order chi connectivity index (χ1) is 8.70. The van der Waals surface area contributed by atoms with Gasteiger partial charge in [-0.3, -0.25) is 0 Å². The van der Waals surface area contributed by atoms with Gasteiger partial charge in [0.1, 0.15) is 6.10 Å². The van der Waals surface area contributed by atoms with E-state index >= 15 is 0 Å². The predicted octanol–water partition coefficient (Wildman–Crippen LogP) is 3.15. The molecule has 5 heteroatoms. The van der Waals surface area contributed by atoms with Crippen molar-refractivity contribution in [2.45, 2.75) is 32.3 Å². The second-order valence-corrected chi connectivity index (χ2v) is 4.53. The van der Waals surface area contributed by atoms with Crippen LogP contribution in [0, 0.1) is 0 Å². The molecule has 18 heavy (non-hydrogen) atoms. The number of hydrogen-bond acceptors (Lipinski definition) is 4. The van der Waals surface area contributed by atoms with Gasteiger partial charge >= 0.3 is 0 Å². The summed E-state index contributed by atoms with van der Waals surface area (Å²) in [6.07, 6.45) is 1.32. The maximum atomic E-state index is 9.74. The van der Waals surface area contributed by atoms with E-state index in [0.29, 0.717) is 29.6 Å². The van der Waals surface area contributed by atoms with E-state index in [-0.39, 0.29) is 0 Å². The van der Waals surface area contributed by atoms with Crippen LogP contribution in [0.1, 0.15) is 43.1 Å². The molecule has 0 radical (unpaired) electrons. The number of rotatable bonds is 5. The van der Waals surface area contributed by atoms with E-state index < -0.39 is 6.10 Å². The van der Waals surface area contributed by atoms with Crippen LogP contribution in [0.2, 0.25) is 5.02 Å². The normalized spacial score (nSPS) is 12.6. The Morgan fingerprint density at radius 2 is 2.17 bits per heavy atom. The fourth-order valence-electron chi connectivity index (χ4n) is 1.68. The first-order valence-corrected chi connectivity index (χ1v) is 6.32. The molecule has 0 aliphatic heterocycles. The first-order valence-electron chi connectivity index (χ1n) is 5.94. The molecule has 0 bridgehead atoms. The zero-order chi connectivity index (χ0) is 13.0. The van der Waals surface area contributed by atoms with Crippen LogP contribution < -0.4 is 0 Å². The Hall–Kier alpha value is -1.39. The Bertz CT molecular complexity index is 513. The number of aliphatic hydroxyl groups is 1. The monoisotopic (exact) mass is 266 g/mol. The molecule has 2 rings (SSSR count). The van der Waals surface area contributed by atoms with Gasteiger partial charge in [-0.1, -0.05) is 48.3 Å². The van der Waals surface area contributed by atoms with Crippen molar-refractivity contribution >= 4 is 11.6 Å². The van der Waals surface area contributed by atoms with E-state index in [0.717, 1.165) is 12.0 Å². The lowest BCUT2D eigenvalue weighted by atomic mass is 10.1. The average molecular weight is 267 g/mol. The Kier molecular flexibility index (Phi) is 4.33. The quantitative estimate of drug-likeness (QED) is 0.903. The molecule has 4 nitrogen and oxygen atoms in total. The molecule has 1 N–H and O–H groups in total. The minimum atomic E-state index is -0.654. The maximum Gasteiger partial charge on any atom is 0.231 e. The van der Waals surface area contributed by atoms with Gasteiger partial charge in [-0.2, -0.15) is 4.98 Å². The number of hydrogen-bond donors (Lipinski definition) is 1. The Morgan fingerprint density at radius 3 is 2.89 bits per heavy atom. The van der Waals surface area contributed by atoms with Gasteiger partial charge < -0.3 is 9.63 Å². The van der Waals surface area contributed by atoms with Crippen LogP contribution in [0.15, 0.2) is 28.8 Å². The van der Waals surface area contributed by atoms with Crippen LogP contribution in [-0.2, 0) is 6.42 Å². The third kappa shape index (κ3) is 3.09. The van der Waals surface area contributed by atoms with Crippen molar-refractivity contribution in [3.8, 4) is 0 Å². The van der Waals surface area contributed by atoms with E-state index in [1.54, 1.807) is 0 Å². The molecule has 1 aromatic carbocycles. The van der Waals surface area contributed by atoms with Crippen LogP contribution in [0.3, 0.4) is 0 Å². The molecule has 1 heterocycles. The lowest BCUT2D eigenvalue weighted by Crippen LogP contribution is -1.99. The molecule has 1 atom stereocenters. The summed E-state index contributed by atoms with van der Waals surface area (Å²) in [7, 11) is 0. The van der Waals surface area contributed by atoms with E-state index in [2.05, 4.69) is 10.1 Å². The van der Waals surface area contributed by atoms with Crippen LogP contribution >= 0.6 is 11.6 Å². The number of halogens is 1. The van der Waals surface area contributed by atoms with E-state index in [4.69, 9.17) is 16.1 Å². The summed E-state index contributed by atoms with van der Waals surface area (Å²) in [5.41, 5.74) is 0.930. The van der Waals surface area contributed by atoms with Crippen molar-refractivity contribution < 1.29 is 9.63 Å². The summed E-state index contributed by atoms with van der Waals surface area (Å²) in [5.74, 6) is 0.812. The van der Waals surface area contributed by atoms with Gasteiger partial charge in [-0.15, -0.1) is 0 Å². The van der Waals surface area contributed by atoms with Gasteiger partial charge in [0.15, 0.2) is 5.82 Å². The van der Waals surface area contributed by atoms with Crippen LogP contribution in [-0.4, -0.2) is 15.2 Å². The molecule has 1 aromatic heterocycles. The molecular formula is C13H15ClN2O2. The molecule has 0 aliphatic carbocycles. The summed E-state index contributed by atoms with van der Waals surface area (Å²) < 4.78 is 5.11. The Morgan fingerprint density at radius 1 is 1.39 bits per heavy atom. The molecule has 0 saturated heterocycles. The molecule has 2 aromatic rings. The standard InChI is InChI=1S/C13H15ClN2O2/c1-2-5-11(17)13-15-12(18-16-13)8-9-6-3-4-7-10(9)14/h3-4,6-7,11,17H,2,5,8H2,1H3. The highest BCUT2D eigenvalue weighted by atomic mass is 35.5. The summed E-state index contributed by atoms with van der Waals surface area (Å²) in [4.78, 5) is 4.18. The molecule has 0 amide bonds. The highest BCUT2D eigenvalue weighted by Gasteiger charge is 2.15. The first kappa shape index (κ1) is 13.1. The number of aromatic nitrogens is 2. The zero-order valence-electron chi connectivity index (χ0n) is 10.1. The van der Waals surface area contributed by atoms with Gasteiger partial charge in [0.2, 0.25) is 5.89 Å². The third-order valence-electron chi connectivity index (χ3n) is 2.64. The molecule has 0 spiro atoms. The summed E-state index contributed by atoms with van der Waals surface area (Å²) in [5, 5.41) is 14.2. The predicted molar refractivity (Wildman–Crippen MR) is 68.4 cm³/mol. The van der Waals surface area contributed by atoms with Crippen LogP contribution in [0.4, 0.5) is 0 Å². The smallest absolute Gasteiger partial charge is 0.231 e. The second-order valence-electron chi connectivity index (χ2n) is 4.12. The molecule has 0 saturated carbocycles. The van der Waals surface area contributed by atoms with Gasteiger partial charge in [0.25, 0.3) is 0 Å². The minimum Gasteiger partial charge on any atom is -0.385 e. The minimum absolute atomic E-state index is 0.346. The highest BCUT2D eigenvalue weighted by molar-refractivity contribution is 6.31. The average Bonchev–Trinajstić information content (AvgIpc) is 2.81. The van der Waals surface area contributed by atoms with Crippen LogP contribution in [0.25, 0.3) is 0 Å². The lowest BCUT2D eigenvalue weighted by Gasteiger charge is -2.01. The van der Waals surface area contributed by atoms with E-state index in [1.807, 2.05) is 31.2 Å². The van der Waals surface area contributed by atoms with Crippen molar-refractivity contribution in [1.82, 2.24) is 10.1 Å². The Labute approximate surface area is 111 Å². The number of nitrogens with zero attached hydrogens (tertiary/aromatic N) is 2. The lowest BCUT2D eigenvalue weighted by molar-refractivity contribution is 0.153. The van der Waals surface area contributed by atoms with Gasteiger partial charge in [0.05, 0.1) is 6.42 Å². The SMILES string of the molecule is CCCC(O)c1noc(Cc2ccccc2Cl)n1. The van der Waals surface area contributed by atoms with Crippen molar-refractivity contribution in [3.63, 3.8) is 0 Å². The maximum absolute atomic E-state index is 9.74.